The van der Waals surface area contributed by atoms with Crippen LogP contribution in [-0.2, 0) is 0 Å². The van der Waals surface area contributed by atoms with Crippen molar-refractivity contribution in [1.29, 1.82) is 0 Å². The second-order valence-corrected chi connectivity index (χ2v) is 6.09. The molecule has 0 rings (SSSR count). The molecule has 0 aromatic rings. The molecule has 0 aliphatic heterocycles. The molecule has 0 saturated carbocycles. The maximum absolute atomic E-state index is 2.33. The first-order valence-electron chi connectivity index (χ1n) is 7.34. The van der Waals surface area contributed by atoms with Gasteiger partial charge in [-0.05, 0) is 23.7 Å². The zero-order chi connectivity index (χ0) is 13.2. The molecule has 0 nitrogen and oxygen atoms in total. The van der Waals surface area contributed by atoms with Crippen molar-refractivity contribution >= 4 is 0 Å². The van der Waals surface area contributed by atoms with Crippen molar-refractivity contribution in [3.8, 4) is 0 Å². The second kappa shape index (κ2) is 10.2. The Kier molecular flexibility index (Phi) is 11.7. The van der Waals surface area contributed by atoms with E-state index >= 15 is 0 Å². The molecule has 0 amide bonds. The number of hydrogen-bond donors (Lipinski definition) is 0. The van der Waals surface area contributed by atoms with Gasteiger partial charge in [0.25, 0.3) is 0 Å². The van der Waals surface area contributed by atoms with E-state index in [0.717, 1.165) is 11.8 Å². The highest BCUT2D eigenvalue weighted by atomic mass is 14.2. The van der Waals surface area contributed by atoms with Gasteiger partial charge >= 0.3 is 0 Å². The van der Waals surface area contributed by atoms with Gasteiger partial charge in [-0.15, -0.1) is 0 Å². The molecular formula is C16H36. The Hall–Kier alpha value is 0. The molecule has 0 saturated heterocycles. The van der Waals surface area contributed by atoms with Crippen LogP contribution in [0.15, 0.2) is 0 Å². The lowest BCUT2D eigenvalue weighted by atomic mass is 9.86. The van der Waals surface area contributed by atoms with Crippen LogP contribution in [0, 0.1) is 17.3 Å². The lowest BCUT2D eigenvalue weighted by Crippen LogP contribution is -2.07. The molecule has 0 aromatic heterocycles. The standard InChI is InChI=1S/2C8H18/c1-5-7-8(3,4)6-2;1-5-8(6-2)7(3)4/h5-7H2,1-4H3;7-8H,5-6H2,1-4H3. The van der Waals surface area contributed by atoms with E-state index < -0.39 is 0 Å². The van der Waals surface area contributed by atoms with Crippen LogP contribution in [0.3, 0.4) is 0 Å². The maximum atomic E-state index is 2.33. The van der Waals surface area contributed by atoms with Crippen molar-refractivity contribution < 1.29 is 0 Å². The van der Waals surface area contributed by atoms with E-state index in [1.807, 2.05) is 0 Å². The van der Waals surface area contributed by atoms with E-state index in [2.05, 4.69) is 55.4 Å². The highest BCUT2D eigenvalue weighted by Gasteiger charge is 2.11. The lowest BCUT2D eigenvalue weighted by molar-refractivity contribution is 0.319. The molecule has 100 valence electrons. The number of rotatable bonds is 6. The molecule has 0 spiro atoms. The minimum Gasteiger partial charge on any atom is -0.0654 e. The summed E-state index contributed by atoms with van der Waals surface area (Å²) in [6, 6.07) is 0. The topological polar surface area (TPSA) is 0 Å². The molecule has 0 heterocycles. The third-order valence-electron chi connectivity index (χ3n) is 3.88. The molecule has 0 N–H and O–H groups in total. The van der Waals surface area contributed by atoms with Gasteiger partial charge in [-0.3, -0.25) is 0 Å². The molecule has 0 fully saturated rings. The zero-order valence-corrected chi connectivity index (χ0v) is 13.2. The van der Waals surface area contributed by atoms with Crippen molar-refractivity contribution in [1.82, 2.24) is 0 Å². The molecule has 0 aliphatic carbocycles. The van der Waals surface area contributed by atoms with Gasteiger partial charge < -0.3 is 0 Å². The molecule has 0 heteroatoms. The van der Waals surface area contributed by atoms with Crippen molar-refractivity contribution in [3.05, 3.63) is 0 Å². The van der Waals surface area contributed by atoms with Crippen molar-refractivity contribution in [3.63, 3.8) is 0 Å². The van der Waals surface area contributed by atoms with Crippen LogP contribution in [0.5, 0.6) is 0 Å². The summed E-state index contributed by atoms with van der Waals surface area (Å²) >= 11 is 0. The van der Waals surface area contributed by atoms with E-state index in [1.54, 1.807) is 0 Å². The van der Waals surface area contributed by atoms with Gasteiger partial charge in [-0.1, -0.05) is 81.1 Å². The van der Waals surface area contributed by atoms with Crippen LogP contribution in [-0.4, -0.2) is 0 Å². The fourth-order valence-electron chi connectivity index (χ4n) is 2.09. The van der Waals surface area contributed by atoms with Crippen molar-refractivity contribution in [2.45, 2.75) is 87.5 Å². The average molecular weight is 228 g/mol. The van der Waals surface area contributed by atoms with Gasteiger partial charge in [0.15, 0.2) is 0 Å². The van der Waals surface area contributed by atoms with Crippen LogP contribution in [0.1, 0.15) is 87.5 Å². The molecule has 0 aliphatic rings. The Morgan fingerprint density at radius 1 is 0.875 bits per heavy atom. The Bertz CT molecular complexity index is 129. The largest absolute Gasteiger partial charge is 0.0654 e. The predicted molar refractivity (Wildman–Crippen MR) is 77.9 cm³/mol. The second-order valence-electron chi connectivity index (χ2n) is 6.09. The van der Waals surface area contributed by atoms with Crippen molar-refractivity contribution in [2.24, 2.45) is 17.3 Å². The highest BCUT2D eigenvalue weighted by Crippen LogP contribution is 2.25. The molecule has 0 radical (unpaired) electrons. The summed E-state index contributed by atoms with van der Waals surface area (Å²) in [5, 5.41) is 0. The first-order valence-corrected chi connectivity index (χ1v) is 7.34. The van der Waals surface area contributed by atoms with Crippen LogP contribution in [0.4, 0.5) is 0 Å². The van der Waals surface area contributed by atoms with Crippen LogP contribution < -0.4 is 0 Å². The Morgan fingerprint density at radius 2 is 1.31 bits per heavy atom. The highest BCUT2D eigenvalue weighted by molar-refractivity contribution is 4.64. The van der Waals surface area contributed by atoms with Gasteiger partial charge in [0.05, 0.1) is 0 Å². The Morgan fingerprint density at radius 3 is 1.38 bits per heavy atom. The van der Waals surface area contributed by atoms with Crippen molar-refractivity contribution in [2.75, 3.05) is 0 Å². The minimum atomic E-state index is 0.592. The SMILES string of the molecule is CCC(CC)C(C)C.CCCC(C)(C)CC. The fourth-order valence-corrected chi connectivity index (χ4v) is 2.09. The van der Waals surface area contributed by atoms with Gasteiger partial charge in [-0.2, -0.15) is 0 Å². The summed E-state index contributed by atoms with van der Waals surface area (Å²) in [6.45, 7) is 18.3. The van der Waals surface area contributed by atoms with E-state index in [1.165, 1.54) is 32.1 Å². The summed E-state index contributed by atoms with van der Waals surface area (Å²) in [5.74, 6) is 1.83. The molecule has 16 heavy (non-hydrogen) atoms. The summed E-state index contributed by atoms with van der Waals surface area (Å²) < 4.78 is 0. The van der Waals surface area contributed by atoms with E-state index in [9.17, 15) is 0 Å². The smallest absolute Gasteiger partial charge is 0.0357 e. The monoisotopic (exact) mass is 228 g/mol. The molecule has 0 bridgehead atoms. The zero-order valence-electron chi connectivity index (χ0n) is 13.2. The molecule has 0 atom stereocenters. The van der Waals surface area contributed by atoms with E-state index in [4.69, 9.17) is 0 Å². The number of hydrogen-bond acceptors (Lipinski definition) is 0. The first kappa shape index (κ1) is 18.4. The van der Waals surface area contributed by atoms with E-state index in [-0.39, 0.29) is 0 Å². The van der Waals surface area contributed by atoms with Crippen LogP contribution >= 0.6 is 0 Å². The average Bonchev–Trinajstić information content (AvgIpc) is 2.20. The lowest BCUT2D eigenvalue weighted by Gasteiger charge is -2.20. The van der Waals surface area contributed by atoms with Crippen LogP contribution in [0.2, 0.25) is 0 Å². The third-order valence-corrected chi connectivity index (χ3v) is 3.88. The van der Waals surface area contributed by atoms with E-state index in [0.29, 0.717) is 5.41 Å². The summed E-state index contributed by atoms with van der Waals surface area (Å²) in [4.78, 5) is 0. The van der Waals surface area contributed by atoms with Gasteiger partial charge in [0.2, 0.25) is 0 Å². The Labute approximate surface area is 105 Å². The molecule has 0 unspecified atom stereocenters. The maximum Gasteiger partial charge on any atom is -0.0357 e. The van der Waals surface area contributed by atoms with Gasteiger partial charge in [-0.25, -0.2) is 0 Å². The van der Waals surface area contributed by atoms with Gasteiger partial charge in [0, 0.05) is 0 Å². The summed E-state index contributed by atoms with van der Waals surface area (Å²) in [7, 11) is 0. The predicted octanol–water partition coefficient (Wildman–Crippen LogP) is 6.30. The van der Waals surface area contributed by atoms with Crippen LogP contribution in [0.25, 0.3) is 0 Å². The fraction of sp³-hybridized carbons (Fsp3) is 1.00. The summed E-state index contributed by atoms with van der Waals surface area (Å²) in [6.07, 6.45) is 6.67. The minimum absolute atomic E-state index is 0.592. The molecule has 0 aromatic carbocycles. The first-order chi connectivity index (χ1) is 7.34. The molecular weight excluding hydrogens is 192 g/mol. The Balaban J connectivity index is 0. The van der Waals surface area contributed by atoms with Gasteiger partial charge in [0.1, 0.15) is 0 Å². The summed E-state index contributed by atoms with van der Waals surface area (Å²) in [5.41, 5.74) is 0.592. The third kappa shape index (κ3) is 10.5. The quantitative estimate of drug-likeness (QED) is 0.500. The normalized spacial score (nSPS) is 11.6.